The molecule has 0 bridgehead atoms. The lowest BCUT2D eigenvalue weighted by Crippen LogP contribution is -2.58. The van der Waals surface area contributed by atoms with E-state index in [0.29, 0.717) is 5.41 Å². The summed E-state index contributed by atoms with van der Waals surface area (Å²) in [5, 5.41) is 2.81. The van der Waals surface area contributed by atoms with Crippen molar-refractivity contribution in [2.45, 2.75) is 38.6 Å². The summed E-state index contributed by atoms with van der Waals surface area (Å²) in [6.45, 7) is 6.10. The number of likely N-dealkylation sites (tertiary alicyclic amines) is 1. The molecule has 0 aromatic carbocycles. The second kappa shape index (κ2) is 3.87. The molecule has 2 aliphatic carbocycles. The van der Waals surface area contributed by atoms with E-state index in [-0.39, 0.29) is 17.4 Å². The van der Waals surface area contributed by atoms with Gasteiger partial charge in [-0.25, -0.2) is 4.79 Å². The molecule has 0 spiro atoms. The number of amides is 2. The summed E-state index contributed by atoms with van der Waals surface area (Å²) in [5.41, 5.74) is 0.132. The predicted octanol–water partition coefficient (Wildman–Crippen LogP) is 1.38. The van der Waals surface area contributed by atoms with Gasteiger partial charge in [-0.15, -0.1) is 0 Å². The third kappa shape index (κ3) is 2.09. The van der Waals surface area contributed by atoms with Crippen LogP contribution in [0.4, 0.5) is 4.79 Å². The molecule has 0 radical (unpaired) electrons. The van der Waals surface area contributed by atoms with Crippen molar-refractivity contribution in [1.29, 1.82) is 0 Å². The van der Waals surface area contributed by atoms with Crippen molar-refractivity contribution in [1.82, 2.24) is 10.2 Å². The standard InChI is InChI=1S/C14H22N2O3/c1-13-6-10(13)7-16(8-13)11(17)9-4-14(2,5-9)15-12(18)19-3/h9-10H,4-8H2,1-3H3,(H,15,18)/t9?,10-,13?,14?/m1/s1. The average Bonchev–Trinajstić information content (AvgIpc) is 2.83. The maximum atomic E-state index is 12.4. The Morgan fingerprint density at radius 2 is 1.95 bits per heavy atom. The molecule has 1 aliphatic heterocycles. The Balaban J connectivity index is 1.50. The van der Waals surface area contributed by atoms with Gasteiger partial charge in [-0.1, -0.05) is 6.92 Å². The predicted molar refractivity (Wildman–Crippen MR) is 69.5 cm³/mol. The fourth-order valence-corrected chi connectivity index (χ4v) is 3.78. The lowest BCUT2D eigenvalue weighted by atomic mass is 9.69. The smallest absolute Gasteiger partial charge is 0.407 e. The van der Waals surface area contributed by atoms with Gasteiger partial charge >= 0.3 is 6.09 Å². The number of nitrogens with one attached hydrogen (secondary N) is 1. The van der Waals surface area contributed by atoms with E-state index in [9.17, 15) is 9.59 Å². The van der Waals surface area contributed by atoms with Crippen LogP contribution in [0, 0.1) is 17.3 Å². The van der Waals surface area contributed by atoms with Gasteiger partial charge in [-0.05, 0) is 37.5 Å². The van der Waals surface area contributed by atoms with Crippen LogP contribution in [0.5, 0.6) is 0 Å². The van der Waals surface area contributed by atoms with E-state index in [2.05, 4.69) is 17.0 Å². The fraction of sp³-hybridized carbons (Fsp3) is 0.857. The molecule has 5 heteroatoms. The van der Waals surface area contributed by atoms with Crippen LogP contribution in [0.1, 0.15) is 33.1 Å². The van der Waals surface area contributed by atoms with Crippen molar-refractivity contribution in [3.63, 3.8) is 0 Å². The number of hydrogen-bond donors (Lipinski definition) is 1. The molecular formula is C14H22N2O3. The Bertz CT molecular complexity index is 430. The number of rotatable bonds is 2. The Kier molecular flexibility index (Phi) is 2.60. The molecule has 1 saturated heterocycles. The highest BCUT2D eigenvalue weighted by Crippen LogP contribution is 2.57. The Hall–Kier alpha value is -1.26. The summed E-state index contributed by atoms with van der Waals surface area (Å²) < 4.78 is 4.61. The molecule has 19 heavy (non-hydrogen) atoms. The lowest BCUT2D eigenvalue weighted by Gasteiger charge is -2.45. The first-order chi connectivity index (χ1) is 8.85. The number of carbonyl (C=O) groups is 2. The van der Waals surface area contributed by atoms with E-state index in [4.69, 9.17) is 0 Å². The molecular weight excluding hydrogens is 244 g/mol. The van der Waals surface area contributed by atoms with Crippen molar-refractivity contribution < 1.29 is 14.3 Å². The second-order valence-electron chi connectivity index (χ2n) is 7.06. The van der Waals surface area contributed by atoms with Crippen LogP contribution in [0.3, 0.4) is 0 Å². The van der Waals surface area contributed by atoms with Gasteiger partial charge in [0.05, 0.1) is 7.11 Å². The van der Waals surface area contributed by atoms with Crippen LogP contribution in [0.2, 0.25) is 0 Å². The molecule has 2 atom stereocenters. The highest BCUT2D eigenvalue weighted by Gasteiger charge is 2.58. The normalized spacial score (nSPS) is 43.2. The van der Waals surface area contributed by atoms with E-state index in [1.165, 1.54) is 13.5 Å². The number of alkyl carbamates (subject to hydrolysis) is 1. The molecule has 3 fully saturated rings. The van der Waals surface area contributed by atoms with Crippen LogP contribution in [0.15, 0.2) is 0 Å². The number of ether oxygens (including phenoxy) is 1. The maximum absolute atomic E-state index is 12.4. The zero-order chi connectivity index (χ0) is 13.8. The molecule has 2 amide bonds. The number of nitrogens with zero attached hydrogens (tertiary/aromatic N) is 1. The number of fused-ring (bicyclic) bond motifs is 1. The maximum Gasteiger partial charge on any atom is 0.407 e. The van der Waals surface area contributed by atoms with Gasteiger partial charge in [0.15, 0.2) is 0 Å². The van der Waals surface area contributed by atoms with Crippen molar-refractivity contribution in [3.8, 4) is 0 Å². The summed E-state index contributed by atoms with van der Waals surface area (Å²) in [6.07, 6.45) is 2.31. The molecule has 5 nitrogen and oxygen atoms in total. The van der Waals surface area contributed by atoms with Crippen LogP contribution in [0.25, 0.3) is 0 Å². The monoisotopic (exact) mass is 266 g/mol. The van der Waals surface area contributed by atoms with Crippen LogP contribution in [-0.4, -0.2) is 42.6 Å². The fourth-order valence-electron chi connectivity index (χ4n) is 3.78. The number of piperidine rings is 1. The summed E-state index contributed by atoms with van der Waals surface area (Å²) in [7, 11) is 1.36. The molecule has 2 saturated carbocycles. The second-order valence-corrected chi connectivity index (χ2v) is 7.06. The van der Waals surface area contributed by atoms with E-state index in [1.807, 2.05) is 11.8 Å². The summed E-state index contributed by atoms with van der Waals surface area (Å²) >= 11 is 0. The first-order valence-corrected chi connectivity index (χ1v) is 7.00. The van der Waals surface area contributed by atoms with Crippen molar-refractivity contribution in [3.05, 3.63) is 0 Å². The zero-order valence-electron chi connectivity index (χ0n) is 11.9. The minimum Gasteiger partial charge on any atom is -0.453 e. The minimum absolute atomic E-state index is 0.0725. The van der Waals surface area contributed by atoms with Gasteiger partial charge in [0, 0.05) is 24.5 Å². The average molecular weight is 266 g/mol. The molecule has 0 aromatic heterocycles. The van der Waals surface area contributed by atoms with E-state index in [0.717, 1.165) is 31.8 Å². The largest absolute Gasteiger partial charge is 0.453 e. The first kappa shape index (κ1) is 12.8. The third-order valence-corrected chi connectivity index (χ3v) is 5.18. The molecule has 1 heterocycles. The summed E-state index contributed by atoms with van der Waals surface area (Å²) in [6, 6.07) is 0. The van der Waals surface area contributed by atoms with E-state index < -0.39 is 6.09 Å². The van der Waals surface area contributed by atoms with Gasteiger partial charge in [-0.2, -0.15) is 0 Å². The van der Waals surface area contributed by atoms with Crippen molar-refractivity contribution >= 4 is 12.0 Å². The van der Waals surface area contributed by atoms with Crippen molar-refractivity contribution in [2.75, 3.05) is 20.2 Å². The number of hydrogen-bond acceptors (Lipinski definition) is 3. The highest BCUT2D eigenvalue weighted by atomic mass is 16.5. The number of carbonyl (C=O) groups excluding carboxylic acids is 2. The van der Waals surface area contributed by atoms with Crippen LogP contribution < -0.4 is 5.32 Å². The molecule has 106 valence electrons. The Morgan fingerprint density at radius 1 is 1.26 bits per heavy atom. The van der Waals surface area contributed by atoms with Crippen molar-refractivity contribution in [2.24, 2.45) is 17.3 Å². The molecule has 1 N–H and O–H groups in total. The van der Waals surface area contributed by atoms with Crippen LogP contribution in [-0.2, 0) is 9.53 Å². The lowest BCUT2D eigenvalue weighted by molar-refractivity contribution is -0.140. The molecule has 0 aromatic rings. The molecule has 3 rings (SSSR count). The first-order valence-electron chi connectivity index (χ1n) is 7.00. The van der Waals surface area contributed by atoms with Gasteiger partial charge in [0.1, 0.15) is 0 Å². The number of methoxy groups -OCH3 is 1. The van der Waals surface area contributed by atoms with E-state index in [1.54, 1.807) is 0 Å². The van der Waals surface area contributed by atoms with E-state index >= 15 is 0 Å². The Morgan fingerprint density at radius 3 is 2.47 bits per heavy atom. The summed E-state index contributed by atoms with van der Waals surface area (Å²) in [5.74, 6) is 1.08. The van der Waals surface area contributed by atoms with Crippen LogP contribution >= 0.6 is 0 Å². The molecule has 1 unspecified atom stereocenters. The minimum atomic E-state index is -0.414. The SMILES string of the molecule is COC(=O)NC1(C)CC(C(=O)N2C[C@H]3CC3(C)C2)C1. The van der Waals surface area contributed by atoms with Gasteiger partial charge in [-0.3, -0.25) is 4.79 Å². The quantitative estimate of drug-likeness (QED) is 0.821. The zero-order valence-corrected chi connectivity index (χ0v) is 11.9. The third-order valence-electron chi connectivity index (χ3n) is 5.18. The molecule has 3 aliphatic rings. The summed E-state index contributed by atoms with van der Waals surface area (Å²) in [4.78, 5) is 25.6. The van der Waals surface area contributed by atoms with Gasteiger partial charge in [0.2, 0.25) is 5.91 Å². The Labute approximate surface area is 113 Å². The van der Waals surface area contributed by atoms with Gasteiger partial charge in [0.25, 0.3) is 0 Å². The highest BCUT2D eigenvalue weighted by molar-refractivity contribution is 5.81. The van der Waals surface area contributed by atoms with Gasteiger partial charge < -0.3 is 15.0 Å². The topological polar surface area (TPSA) is 58.6 Å².